The smallest absolute Gasteiger partial charge is 0.303 e. The van der Waals surface area contributed by atoms with Crippen LogP contribution in [0.25, 0.3) is 0 Å². The summed E-state index contributed by atoms with van der Waals surface area (Å²) in [4.78, 5) is 23.9. The molecule has 0 radical (unpaired) electrons. The van der Waals surface area contributed by atoms with Gasteiger partial charge in [0.1, 0.15) is 5.75 Å². The van der Waals surface area contributed by atoms with Crippen LogP contribution in [0.4, 0.5) is 0 Å². The molecule has 0 bridgehead atoms. The van der Waals surface area contributed by atoms with Crippen molar-refractivity contribution in [2.75, 3.05) is 24.6 Å². The second kappa shape index (κ2) is 7.61. The van der Waals surface area contributed by atoms with Crippen molar-refractivity contribution in [1.82, 2.24) is 4.90 Å². The van der Waals surface area contributed by atoms with Crippen molar-refractivity contribution < 1.29 is 23.1 Å². The monoisotopic (exact) mass is 305 g/mol. The molecule has 0 spiro atoms. The van der Waals surface area contributed by atoms with Crippen LogP contribution in [0.5, 0.6) is 0 Å². The van der Waals surface area contributed by atoms with E-state index in [-0.39, 0.29) is 18.1 Å². The summed E-state index contributed by atoms with van der Waals surface area (Å²) in [7, 11) is -3.43. The third-order valence-corrected chi connectivity index (χ3v) is 5.17. The predicted octanol–water partition coefficient (Wildman–Crippen LogP) is 0.915. The van der Waals surface area contributed by atoms with Crippen LogP contribution >= 0.6 is 0 Å². The summed E-state index contributed by atoms with van der Waals surface area (Å²) in [5, 5.41) is 8.47. The Balaban J connectivity index is 2.34. The molecule has 1 saturated heterocycles. The van der Waals surface area contributed by atoms with Crippen LogP contribution in [0.15, 0.2) is 0 Å². The van der Waals surface area contributed by atoms with Gasteiger partial charge in [0.2, 0.25) is 5.91 Å². The van der Waals surface area contributed by atoms with Crippen molar-refractivity contribution >= 4 is 21.7 Å². The van der Waals surface area contributed by atoms with Crippen LogP contribution in [-0.4, -0.2) is 54.9 Å². The van der Waals surface area contributed by atoms with E-state index in [0.717, 1.165) is 12.8 Å². The van der Waals surface area contributed by atoms with Gasteiger partial charge in [-0.15, -0.1) is 0 Å². The number of carboxylic acid groups (broad SMARTS) is 1. The Bertz CT molecular complexity index is 438. The van der Waals surface area contributed by atoms with E-state index in [2.05, 4.69) is 6.92 Å². The van der Waals surface area contributed by atoms with Crippen LogP contribution in [0.3, 0.4) is 0 Å². The standard InChI is InChI=1S/C13H23NO5S/c1-11-5-7-14(8-6-11)12(15)10-20(18,19)9-3-2-4-13(16)17/h11H,2-10H2,1H3,(H,16,17). The van der Waals surface area contributed by atoms with Gasteiger partial charge in [-0.2, -0.15) is 0 Å². The molecular formula is C13H23NO5S. The van der Waals surface area contributed by atoms with E-state index in [1.807, 2.05) is 0 Å². The third kappa shape index (κ3) is 6.36. The molecular weight excluding hydrogens is 282 g/mol. The number of nitrogens with zero attached hydrogens (tertiary/aromatic N) is 1. The maximum Gasteiger partial charge on any atom is 0.303 e. The summed E-state index contributed by atoms with van der Waals surface area (Å²) in [5.74, 6) is -1.23. The number of unbranched alkanes of at least 4 members (excludes halogenated alkanes) is 1. The zero-order valence-corrected chi connectivity index (χ0v) is 12.7. The van der Waals surface area contributed by atoms with Gasteiger partial charge in [-0.25, -0.2) is 8.42 Å². The molecule has 0 unspecified atom stereocenters. The second-order valence-corrected chi connectivity index (χ2v) is 7.69. The Morgan fingerprint density at radius 2 is 1.80 bits per heavy atom. The van der Waals surface area contributed by atoms with Crippen molar-refractivity contribution in [2.45, 2.75) is 39.0 Å². The number of hydrogen-bond donors (Lipinski definition) is 1. The van der Waals surface area contributed by atoms with E-state index < -0.39 is 21.6 Å². The van der Waals surface area contributed by atoms with Crippen molar-refractivity contribution in [3.63, 3.8) is 0 Å². The fourth-order valence-corrected chi connectivity index (χ4v) is 3.55. The summed E-state index contributed by atoms with van der Waals surface area (Å²) >= 11 is 0. The van der Waals surface area contributed by atoms with Gasteiger partial charge in [-0.3, -0.25) is 9.59 Å². The van der Waals surface area contributed by atoms with Crippen LogP contribution in [0.1, 0.15) is 39.0 Å². The average Bonchev–Trinajstić information content (AvgIpc) is 2.34. The number of hydrogen-bond acceptors (Lipinski definition) is 4. The highest BCUT2D eigenvalue weighted by molar-refractivity contribution is 7.92. The Morgan fingerprint density at radius 3 is 2.35 bits per heavy atom. The highest BCUT2D eigenvalue weighted by atomic mass is 32.2. The summed E-state index contributed by atoms with van der Waals surface area (Å²) in [6.07, 6.45) is 2.42. The minimum Gasteiger partial charge on any atom is -0.481 e. The maximum absolute atomic E-state index is 11.9. The first kappa shape index (κ1) is 16.9. The lowest BCUT2D eigenvalue weighted by Gasteiger charge is -2.30. The van der Waals surface area contributed by atoms with Gasteiger partial charge in [-0.1, -0.05) is 6.92 Å². The molecule has 0 saturated carbocycles. The van der Waals surface area contributed by atoms with Gasteiger partial charge in [0.05, 0.1) is 5.75 Å². The maximum atomic E-state index is 11.9. The summed E-state index contributed by atoms with van der Waals surface area (Å²) < 4.78 is 23.6. The van der Waals surface area contributed by atoms with Crippen LogP contribution in [0.2, 0.25) is 0 Å². The zero-order chi connectivity index (χ0) is 15.2. The quantitative estimate of drug-likeness (QED) is 0.706. The average molecular weight is 305 g/mol. The number of rotatable bonds is 7. The topological polar surface area (TPSA) is 91.8 Å². The fraction of sp³-hybridized carbons (Fsp3) is 0.846. The molecule has 7 heteroatoms. The normalized spacial score (nSPS) is 17.1. The van der Waals surface area contributed by atoms with Crippen molar-refractivity contribution in [2.24, 2.45) is 5.92 Å². The largest absolute Gasteiger partial charge is 0.481 e. The van der Waals surface area contributed by atoms with Gasteiger partial charge in [0.15, 0.2) is 9.84 Å². The number of carbonyl (C=O) groups excluding carboxylic acids is 1. The lowest BCUT2D eigenvalue weighted by atomic mass is 9.99. The van der Waals surface area contributed by atoms with Gasteiger partial charge in [-0.05, 0) is 31.6 Å². The van der Waals surface area contributed by atoms with Crippen molar-refractivity contribution in [1.29, 1.82) is 0 Å². The van der Waals surface area contributed by atoms with Gasteiger partial charge >= 0.3 is 5.97 Å². The number of sulfone groups is 1. The van der Waals surface area contributed by atoms with E-state index in [0.29, 0.717) is 31.8 Å². The summed E-state index contributed by atoms with van der Waals surface area (Å²) in [5.41, 5.74) is 0. The molecule has 1 N–H and O–H groups in total. The lowest BCUT2D eigenvalue weighted by molar-refractivity contribution is -0.137. The van der Waals surface area contributed by atoms with Crippen LogP contribution in [-0.2, 0) is 19.4 Å². The Hall–Kier alpha value is -1.11. The van der Waals surface area contributed by atoms with Crippen LogP contribution < -0.4 is 0 Å². The lowest BCUT2D eigenvalue weighted by Crippen LogP contribution is -2.41. The SMILES string of the molecule is CC1CCN(C(=O)CS(=O)(=O)CCCCC(=O)O)CC1. The highest BCUT2D eigenvalue weighted by Gasteiger charge is 2.24. The first-order valence-corrected chi connectivity index (χ1v) is 8.82. The van der Waals surface area contributed by atoms with E-state index in [9.17, 15) is 18.0 Å². The molecule has 116 valence electrons. The van der Waals surface area contributed by atoms with Crippen molar-refractivity contribution in [3.8, 4) is 0 Å². The van der Waals surface area contributed by atoms with Crippen molar-refractivity contribution in [3.05, 3.63) is 0 Å². The Morgan fingerprint density at radius 1 is 1.20 bits per heavy atom. The van der Waals surface area contributed by atoms with Gasteiger partial charge in [0, 0.05) is 19.5 Å². The number of piperidine rings is 1. The first-order valence-electron chi connectivity index (χ1n) is 7.00. The molecule has 0 aromatic heterocycles. The number of likely N-dealkylation sites (tertiary alicyclic amines) is 1. The van der Waals surface area contributed by atoms with Gasteiger partial charge in [0.25, 0.3) is 0 Å². The number of aliphatic carboxylic acids is 1. The van der Waals surface area contributed by atoms with E-state index in [1.165, 1.54) is 0 Å². The van der Waals surface area contributed by atoms with E-state index in [4.69, 9.17) is 5.11 Å². The number of carboxylic acids is 1. The molecule has 1 aliphatic rings. The van der Waals surface area contributed by atoms with E-state index in [1.54, 1.807) is 4.90 Å². The minimum absolute atomic E-state index is 0.0342. The summed E-state index contributed by atoms with van der Waals surface area (Å²) in [6, 6.07) is 0. The highest BCUT2D eigenvalue weighted by Crippen LogP contribution is 2.16. The summed E-state index contributed by atoms with van der Waals surface area (Å²) in [6.45, 7) is 3.39. The Kier molecular flexibility index (Phi) is 6.45. The molecule has 0 aliphatic carbocycles. The molecule has 0 aromatic carbocycles. The third-order valence-electron chi connectivity index (χ3n) is 3.58. The Labute approximate surface area is 120 Å². The zero-order valence-electron chi connectivity index (χ0n) is 11.9. The molecule has 1 fully saturated rings. The molecule has 6 nitrogen and oxygen atoms in total. The minimum atomic E-state index is -3.43. The fourth-order valence-electron chi connectivity index (χ4n) is 2.21. The first-order chi connectivity index (χ1) is 9.30. The molecule has 1 rings (SSSR count). The van der Waals surface area contributed by atoms with Gasteiger partial charge < -0.3 is 10.0 Å². The van der Waals surface area contributed by atoms with Crippen LogP contribution in [0, 0.1) is 5.92 Å². The molecule has 1 aliphatic heterocycles. The second-order valence-electron chi connectivity index (χ2n) is 5.51. The molecule has 1 amide bonds. The molecule has 1 heterocycles. The number of amides is 1. The molecule has 0 atom stereocenters. The number of carbonyl (C=O) groups is 2. The van der Waals surface area contributed by atoms with E-state index >= 15 is 0 Å². The molecule has 0 aromatic rings. The predicted molar refractivity (Wildman–Crippen MR) is 75.1 cm³/mol. The molecule has 20 heavy (non-hydrogen) atoms.